The Morgan fingerprint density at radius 2 is 1.70 bits per heavy atom. The smallest absolute Gasteiger partial charge is 0.355 e. The van der Waals surface area contributed by atoms with E-state index in [0.29, 0.717) is 32.0 Å². The molecule has 1 heterocycles. The number of rotatable bonds is 7. The quantitative estimate of drug-likeness (QED) is 0.147. The highest BCUT2D eigenvalue weighted by atomic mass is 35.5. The SMILES string of the molecule is O=C(COc1ccccc1Cl)N/N=C/c1ccc(OC(=O)c2sc3ccccc3c2Cl)cc1. The van der Waals surface area contributed by atoms with Gasteiger partial charge in [0.1, 0.15) is 16.4 Å². The van der Waals surface area contributed by atoms with Gasteiger partial charge in [0.25, 0.3) is 5.91 Å². The standard InChI is InChI=1S/C24H16Cl2N2O4S/c25-18-6-2-3-7-19(18)31-14-21(29)28-27-13-15-9-11-16(12-10-15)32-24(30)23-22(26)17-5-1-4-8-20(17)33-23/h1-13H,14H2,(H,28,29)/b27-13+. The van der Waals surface area contributed by atoms with Gasteiger partial charge >= 0.3 is 5.97 Å². The summed E-state index contributed by atoms with van der Waals surface area (Å²) >= 11 is 13.6. The van der Waals surface area contributed by atoms with E-state index in [0.717, 1.165) is 10.1 Å². The van der Waals surface area contributed by atoms with Crippen molar-refractivity contribution < 1.29 is 19.1 Å². The van der Waals surface area contributed by atoms with Crippen molar-refractivity contribution in [2.45, 2.75) is 0 Å². The van der Waals surface area contributed by atoms with Crippen LogP contribution in [0.1, 0.15) is 15.2 Å². The number of benzene rings is 3. The van der Waals surface area contributed by atoms with E-state index in [4.69, 9.17) is 32.7 Å². The Bertz CT molecular complexity index is 1340. The van der Waals surface area contributed by atoms with E-state index in [1.165, 1.54) is 17.6 Å². The summed E-state index contributed by atoms with van der Waals surface area (Å²) in [6.45, 7) is -0.226. The van der Waals surface area contributed by atoms with Crippen LogP contribution in [0.5, 0.6) is 11.5 Å². The van der Waals surface area contributed by atoms with Gasteiger partial charge in [-0.3, -0.25) is 4.79 Å². The first-order chi connectivity index (χ1) is 16.0. The Kier molecular flexibility index (Phi) is 7.24. The fraction of sp³-hybridized carbons (Fsp3) is 0.0417. The molecule has 0 saturated heterocycles. The zero-order valence-corrected chi connectivity index (χ0v) is 19.3. The fourth-order valence-electron chi connectivity index (χ4n) is 2.84. The first-order valence-electron chi connectivity index (χ1n) is 9.70. The van der Waals surface area contributed by atoms with Gasteiger partial charge in [0, 0.05) is 10.1 Å². The van der Waals surface area contributed by atoms with Crippen molar-refractivity contribution in [3.8, 4) is 11.5 Å². The number of halogens is 2. The number of hydrazone groups is 1. The number of para-hydroxylation sites is 1. The molecule has 0 atom stereocenters. The predicted molar refractivity (Wildman–Crippen MR) is 131 cm³/mol. The Balaban J connectivity index is 1.30. The second-order valence-electron chi connectivity index (χ2n) is 6.71. The second-order valence-corrected chi connectivity index (χ2v) is 8.55. The third-order valence-electron chi connectivity index (χ3n) is 4.41. The Morgan fingerprint density at radius 1 is 0.970 bits per heavy atom. The van der Waals surface area contributed by atoms with Gasteiger partial charge in [-0.1, -0.05) is 53.5 Å². The lowest BCUT2D eigenvalue weighted by Gasteiger charge is -2.06. The van der Waals surface area contributed by atoms with Crippen LogP contribution in [0.25, 0.3) is 10.1 Å². The molecule has 0 aliphatic heterocycles. The molecule has 0 fully saturated rings. The average molecular weight is 499 g/mol. The summed E-state index contributed by atoms with van der Waals surface area (Å²) in [6, 6.07) is 21.0. The number of carbonyl (C=O) groups is 2. The highest BCUT2D eigenvalue weighted by Gasteiger charge is 2.18. The molecular formula is C24H16Cl2N2O4S. The lowest BCUT2D eigenvalue weighted by atomic mass is 10.2. The molecule has 1 amide bonds. The molecule has 33 heavy (non-hydrogen) atoms. The van der Waals surface area contributed by atoms with E-state index in [1.54, 1.807) is 48.5 Å². The van der Waals surface area contributed by atoms with Crippen molar-refractivity contribution in [3.63, 3.8) is 0 Å². The summed E-state index contributed by atoms with van der Waals surface area (Å²) in [5.74, 6) is -0.173. The first kappa shape index (κ1) is 22.8. The van der Waals surface area contributed by atoms with Crippen LogP contribution in [0.2, 0.25) is 10.0 Å². The summed E-state index contributed by atoms with van der Waals surface area (Å²) in [7, 11) is 0. The van der Waals surface area contributed by atoms with E-state index >= 15 is 0 Å². The maximum Gasteiger partial charge on any atom is 0.355 e. The minimum atomic E-state index is -0.520. The van der Waals surface area contributed by atoms with Gasteiger partial charge in [0.2, 0.25) is 0 Å². The van der Waals surface area contributed by atoms with Crippen molar-refractivity contribution in [1.29, 1.82) is 0 Å². The highest BCUT2D eigenvalue weighted by Crippen LogP contribution is 2.35. The predicted octanol–water partition coefficient (Wildman–Crippen LogP) is 5.96. The molecule has 0 spiro atoms. The zero-order chi connectivity index (χ0) is 23.2. The number of ether oxygens (including phenoxy) is 2. The van der Waals surface area contributed by atoms with Gasteiger partial charge in [-0.15, -0.1) is 11.3 Å². The Hall–Kier alpha value is -3.39. The molecule has 0 aliphatic rings. The van der Waals surface area contributed by atoms with E-state index in [1.807, 2.05) is 24.3 Å². The minimum Gasteiger partial charge on any atom is -0.482 e. The lowest BCUT2D eigenvalue weighted by Crippen LogP contribution is -2.24. The zero-order valence-electron chi connectivity index (χ0n) is 17.0. The molecule has 0 unspecified atom stereocenters. The molecule has 0 saturated carbocycles. The topological polar surface area (TPSA) is 77.0 Å². The monoisotopic (exact) mass is 498 g/mol. The molecule has 3 aromatic carbocycles. The number of hydrogen-bond acceptors (Lipinski definition) is 6. The van der Waals surface area contributed by atoms with Gasteiger partial charge < -0.3 is 9.47 Å². The number of esters is 1. The number of thiophene rings is 1. The minimum absolute atomic E-state index is 0.226. The highest BCUT2D eigenvalue weighted by molar-refractivity contribution is 7.21. The van der Waals surface area contributed by atoms with Crippen molar-refractivity contribution in [3.05, 3.63) is 93.3 Å². The molecule has 166 valence electrons. The molecule has 1 N–H and O–H groups in total. The maximum absolute atomic E-state index is 12.5. The van der Waals surface area contributed by atoms with Crippen LogP contribution in [0.4, 0.5) is 0 Å². The third-order valence-corrected chi connectivity index (χ3v) is 6.38. The molecule has 9 heteroatoms. The van der Waals surface area contributed by atoms with Crippen molar-refractivity contribution >= 4 is 62.7 Å². The fourth-order valence-corrected chi connectivity index (χ4v) is 4.41. The third kappa shape index (κ3) is 5.70. The summed E-state index contributed by atoms with van der Waals surface area (Å²) < 4.78 is 11.7. The van der Waals surface area contributed by atoms with E-state index < -0.39 is 11.9 Å². The van der Waals surface area contributed by atoms with Gasteiger partial charge in [0.05, 0.1) is 16.3 Å². The number of fused-ring (bicyclic) bond motifs is 1. The van der Waals surface area contributed by atoms with E-state index in [9.17, 15) is 9.59 Å². The van der Waals surface area contributed by atoms with Crippen molar-refractivity contribution in [1.82, 2.24) is 5.43 Å². The van der Waals surface area contributed by atoms with Crippen LogP contribution in [0.15, 0.2) is 77.9 Å². The Labute approximate surface area is 203 Å². The molecule has 0 radical (unpaired) electrons. The molecule has 0 aliphatic carbocycles. The molecule has 6 nitrogen and oxygen atoms in total. The second kappa shape index (κ2) is 10.5. The molecule has 0 bridgehead atoms. The number of nitrogens with zero attached hydrogens (tertiary/aromatic N) is 1. The molecule has 4 aromatic rings. The van der Waals surface area contributed by atoms with Gasteiger partial charge in [-0.2, -0.15) is 5.10 Å². The largest absolute Gasteiger partial charge is 0.482 e. The van der Waals surface area contributed by atoms with Crippen LogP contribution in [0.3, 0.4) is 0 Å². The maximum atomic E-state index is 12.5. The molecule has 4 rings (SSSR count). The average Bonchev–Trinajstić information content (AvgIpc) is 3.16. The molecule has 1 aromatic heterocycles. The van der Waals surface area contributed by atoms with Gasteiger partial charge in [0.15, 0.2) is 6.61 Å². The Morgan fingerprint density at radius 3 is 2.45 bits per heavy atom. The van der Waals surface area contributed by atoms with Crippen LogP contribution < -0.4 is 14.9 Å². The lowest BCUT2D eigenvalue weighted by molar-refractivity contribution is -0.123. The van der Waals surface area contributed by atoms with Gasteiger partial charge in [-0.25, -0.2) is 10.2 Å². The van der Waals surface area contributed by atoms with Crippen molar-refractivity contribution in [2.24, 2.45) is 5.10 Å². The number of amides is 1. The normalized spacial score (nSPS) is 11.0. The number of carbonyl (C=O) groups excluding carboxylic acids is 2. The van der Waals surface area contributed by atoms with Crippen molar-refractivity contribution in [2.75, 3.05) is 6.61 Å². The first-order valence-corrected chi connectivity index (χ1v) is 11.3. The van der Waals surface area contributed by atoms with Crippen LogP contribution in [-0.4, -0.2) is 24.7 Å². The van der Waals surface area contributed by atoms with Gasteiger partial charge in [-0.05, 0) is 48.0 Å². The summed E-state index contributed by atoms with van der Waals surface area (Å²) in [5.41, 5.74) is 3.07. The van der Waals surface area contributed by atoms with Crippen LogP contribution in [-0.2, 0) is 4.79 Å². The molecular weight excluding hydrogens is 483 g/mol. The summed E-state index contributed by atoms with van der Waals surface area (Å²) in [4.78, 5) is 24.7. The van der Waals surface area contributed by atoms with E-state index in [2.05, 4.69) is 10.5 Å². The van der Waals surface area contributed by atoms with Crippen LogP contribution in [0, 0.1) is 0 Å². The summed E-state index contributed by atoms with van der Waals surface area (Å²) in [6.07, 6.45) is 1.46. The summed E-state index contributed by atoms with van der Waals surface area (Å²) in [5, 5.41) is 5.52. The number of nitrogens with one attached hydrogen (secondary N) is 1. The van der Waals surface area contributed by atoms with Crippen LogP contribution >= 0.6 is 34.5 Å². The number of hydrogen-bond donors (Lipinski definition) is 1. The van der Waals surface area contributed by atoms with E-state index in [-0.39, 0.29) is 6.61 Å².